The fourth-order valence-electron chi connectivity index (χ4n) is 2.08. The van der Waals surface area contributed by atoms with E-state index in [9.17, 15) is 4.79 Å². The Labute approximate surface area is 146 Å². The van der Waals surface area contributed by atoms with Gasteiger partial charge in [-0.2, -0.15) is 0 Å². The van der Waals surface area contributed by atoms with Gasteiger partial charge in [0.05, 0.1) is 5.56 Å². The van der Waals surface area contributed by atoms with Gasteiger partial charge in [-0.1, -0.05) is 51.5 Å². The second-order valence-electron chi connectivity index (χ2n) is 4.88. The molecule has 1 aromatic heterocycles. The first kappa shape index (κ1) is 15.7. The van der Waals surface area contributed by atoms with Crippen molar-refractivity contribution in [3.63, 3.8) is 0 Å². The van der Waals surface area contributed by atoms with Crippen LogP contribution in [-0.4, -0.2) is 11.0 Å². The molecular weight excluding hydrogens is 376 g/mol. The molecule has 2 N–H and O–H groups in total. The van der Waals surface area contributed by atoms with Gasteiger partial charge in [-0.25, -0.2) is 9.78 Å². The number of nitrogens with zero attached hydrogens (tertiary/aromatic N) is 1. The summed E-state index contributed by atoms with van der Waals surface area (Å²) in [6.07, 6.45) is 2.46. The number of carbonyl (C=O) groups excluding carboxylic acids is 1. The van der Waals surface area contributed by atoms with Crippen LogP contribution >= 0.6 is 27.3 Å². The molecule has 0 fully saturated rings. The van der Waals surface area contributed by atoms with Crippen LogP contribution in [0.15, 0.2) is 59.2 Å². The Kier molecular flexibility index (Phi) is 4.73. The number of thiazole rings is 1. The molecule has 1 heterocycles. The van der Waals surface area contributed by atoms with E-state index in [2.05, 4.69) is 27.0 Å². The van der Waals surface area contributed by atoms with Crippen LogP contribution in [0.1, 0.15) is 20.8 Å². The SMILES string of the molecule is Nc1ccccc1C(=O)Oc1ncc(Cc2cccc(Br)c2)s1. The average molecular weight is 389 g/mol. The highest BCUT2D eigenvalue weighted by molar-refractivity contribution is 9.10. The predicted molar refractivity (Wildman–Crippen MR) is 94.9 cm³/mol. The summed E-state index contributed by atoms with van der Waals surface area (Å²) >= 11 is 4.80. The van der Waals surface area contributed by atoms with Gasteiger partial charge in [-0.05, 0) is 29.8 Å². The first-order valence-electron chi connectivity index (χ1n) is 6.87. The summed E-state index contributed by atoms with van der Waals surface area (Å²) in [7, 11) is 0. The molecule has 116 valence electrons. The topological polar surface area (TPSA) is 65.2 Å². The molecule has 23 heavy (non-hydrogen) atoms. The molecule has 6 heteroatoms. The average Bonchev–Trinajstić information content (AvgIpc) is 2.94. The highest BCUT2D eigenvalue weighted by Crippen LogP contribution is 2.25. The molecule has 0 aliphatic carbocycles. The number of ether oxygens (including phenoxy) is 1. The lowest BCUT2D eigenvalue weighted by molar-refractivity contribution is 0.0735. The molecule has 2 aromatic carbocycles. The van der Waals surface area contributed by atoms with Gasteiger partial charge in [0.15, 0.2) is 0 Å². The largest absolute Gasteiger partial charge is 0.398 e. The van der Waals surface area contributed by atoms with Gasteiger partial charge < -0.3 is 10.5 Å². The summed E-state index contributed by atoms with van der Waals surface area (Å²) in [5.74, 6) is -0.494. The molecule has 0 spiro atoms. The number of rotatable bonds is 4. The molecule has 0 aliphatic heterocycles. The van der Waals surface area contributed by atoms with Crippen LogP contribution in [0, 0.1) is 0 Å². The summed E-state index contributed by atoms with van der Waals surface area (Å²) in [5.41, 5.74) is 7.67. The molecule has 0 aliphatic rings. The van der Waals surface area contributed by atoms with E-state index in [1.807, 2.05) is 18.2 Å². The number of nitrogens with two attached hydrogens (primary N) is 1. The molecule has 0 unspecified atom stereocenters. The number of hydrogen-bond acceptors (Lipinski definition) is 5. The van der Waals surface area contributed by atoms with Crippen LogP contribution in [0.25, 0.3) is 0 Å². The molecule has 0 radical (unpaired) electrons. The summed E-state index contributed by atoms with van der Waals surface area (Å²) in [6.45, 7) is 0. The maximum absolute atomic E-state index is 12.1. The molecule has 0 amide bonds. The van der Waals surface area contributed by atoms with Crippen molar-refractivity contribution in [1.29, 1.82) is 0 Å². The predicted octanol–water partition coefficient (Wildman–Crippen LogP) is 4.30. The highest BCUT2D eigenvalue weighted by atomic mass is 79.9. The maximum Gasteiger partial charge on any atom is 0.347 e. The van der Waals surface area contributed by atoms with Crippen molar-refractivity contribution in [3.8, 4) is 5.19 Å². The Bertz CT molecular complexity index is 848. The second-order valence-corrected chi connectivity index (χ2v) is 6.87. The summed E-state index contributed by atoms with van der Waals surface area (Å²) in [5, 5.41) is 0.322. The van der Waals surface area contributed by atoms with E-state index >= 15 is 0 Å². The van der Waals surface area contributed by atoms with Crippen LogP contribution in [0.5, 0.6) is 5.19 Å². The number of hydrogen-bond donors (Lipinski definition) is 1. The third kappa shape index (κ3) is 3.97. The van der Waals surface area contributed by atoms with Crippen LogP contribution in [0.4, 0.5) is 5.69 Å². The fraction of sp³-hybridized carbons (Fsp3) is 0.0588. The molecule has 0 saturated heterocycles. The van der Waals surface area contributed by atoms with Crippen molar-refractivity contribution in [2.75, 3.05) is 5.73 Å². The third-order valence-corrected chi connectivity index (χ3v) is 4.53. The van der Waals surface area contributed by atoms with Gasteiger partial charge in [0.1, 0.15) is 0 Å². The van der Waals surface area contributed by atoms with Gasteiger partial charge in [-0.15, -0.1) is 0 Å². The van der Waals surface area contributed by atoms with E-state index < -0.39 is 5.97 Å². The van der Waals surface area contributed by atoms with Gasteiger partial charge in [0.25, 0.3) is 5.19 Å². The van der Waals surface area contributed by atoms with E-state index in [0.29, 0.717) is 16.4 Å². The van der Waals surface area contributed by atoms with Crippen molar-refractivity contribution in [1.82, 2.24) is 4.98 Å². The van der Waals surface area contributed by atoms with E-state index in [1.165, 1.54) is 11.3 Å². The molecule has 3 rings (SSSR count). The minimum atomic E-state index is -0.494. The number of carbonyl (C=O) groups is 1. The summed E-state index contributed by atoms with van der Waals surface area (Å²) < 4.78 is 6.34. The Balaban J connectivity index is 1.70. The fourth-order valence-corrected chi connectivity index (χ4v) is 3.32. The van der Waals surface area contributed by atoms with Gasteiger partial charge in [0.2, 0.25) is 0 Å². The number of para-hydroxylation sites is 1. The number of anilines is 1. The number of esters is 1. The highest BCUT2D eigenvalue weighted by Gasteiger charge is 2.14. The number of nitrogen functional groups attached to an aromatic ring is 1. The lowest BCUT2D eigenvalue weighted by Gasteiger charge is -2.03. The van der Waals surface area contributed by atoms with Crippen molar-refractivity contribution in [2.45, 2.75) is 6.42 Å². The first-order chi connectivity index (χ1) is 11.1. The monoisotopic (exact) mass is 388 g/mol. The Morgan fingerprint density at radius 3 is 2.83 bits per heavy atom. The zero-order valence-corrected chi connectivity index (χ0v) is 14.4. The van der Waals surface area contributed by atoms with E-state index in [-0.39, 0.29) is 0 Å². The lowest BCUT2D eigenvalue weighted by Crippen LogP contribution is -2.10. The van der Waals surface area contributed by atoms with Crippen molar-refractivity contribution >= 4 is 38.9 Å². The van der Waals surface area contributed by atoms with E-state index in [4.69, 9.17) is 10.5 Å². The number of benzene rings is 2. The first-order valence-corrected chi connectivity index (χ1v) is 8.48. The Morgan fingerprint density at radius 2 is 2.04 bits per heavy atom. The second kappa shape index (κ2) is 6.93. The van der Waals surface area contributed by atoms with E-state index in [1.54, 1.807) is 30.5 Å². The third-order valence-electron chi connectivity index (χ3n) is 3.16. The molecule has 0 bridgehead atoms. The van der Waals surface area contributed by atoms with Gasteiger partial charge in [-0.3, -0.25) is 0 Å². The van der Waals surface area contributed by atoms with Gasteiger partial charge >= 0.3 is 5.97 Å². The number of halogens is 1. The smallest absolute Gasteiger partial charge is 0.347 e. The lowest BCUT2D eigenvalue weighted by atomic mass is 10.1. The minimum absolute atomic E-state index is 0.322. The van der Waals surface area contributed by atoms with Crippen LogP contribution in [0.2, 0.25) is 0 Å². The zero-order valence-electron chi connectivity index (χ0n) is 12.0. The summed E-state index contributed by atoms with van der Waals surface area (Å²) in [4.78, 5) is 17.3. The summed E-state index contributed by atoms with van der Waals surface area (Å²) in [6, 6.07) is 14.9. The van der Waals surface area contributed by atoms with Gasteiger partial charge in [0, 0.05) is 27.7 Å². The quantitative estimate of drug-likeness (QED) is 0.534. The molecule has 0 saturated carbocycles. The zero-order chi connectivity index (χ0) is 16.2. The molecular formula is C17H13BrN2O2S. The molecule has 3 aromatic rings. The van der Waals surface area contributed by atoms with Crippen molar-refractivity contribution in [3.05, 3.63) is 75.2 Å². The molecule has 4 nitrogen and oxygen atoms in total. The normalized spacial score (nSPS) is 10.5. The maximum atomic E-state index is 12.1. The van der Waals surface area contributed by atoms with Crippen molar-refractivity contribution < 1.29 is 9.53 Å². The van der Waals surface area contributed by atoms with Crippen LogP contribution in [0.3, 0.4) is 0 Å². The van der Waals surface area contributed by atoms with Crippen LogP contribution < -0.4 is 10.5 Å². The molecule has 0 atom stereocenters. The van der Waals surface area contributed by atoms with E-state index in [0.717, 1.165) is 21.3 Å². The number of aromatic nitrogens is 1. The Hall–Kier alpha value is -2.18. The van der Waals surface area contributed by atoms with Crippen LogP contribution in [-0.2, 0) is 6.42 Å². The van der Waals surface area contributed by atoms with Crippen molar-refractivity contribution in [2.24, 2.45) is 0 Å². The Morgan fingerprint density at radius 1 is 1.22 bits per heavy atom. The minimum Gasteiger partial charge on any atom is -0.398 e. The standard InChI is InChI=1S/C17H13BrN2O2S/c18-12-5-3-4-11(8-12)9-13-10-20-17(23-13)22-16(21)14-6-1-2-7-15(14)19/h1-8,10H,9,19H2.